The number of piperidine rings is 1. The molecule has 1 fully saturated rings. The maximum atomic E-state index is 12.1. The number of pyridine rings is 1. The van der Waals surface area contributed by atoms with Crippen LogP contribution in [0.25, 0.3) is 0 Å². The van der Waals surface area contributed by atoms with E-state index in [0.29, 0.717) is 18.9 Å². The van der Waals surface area contributed by atoms with Crippen LogP contribution in [0.3, 0.4) is 0 Å². The predicted octanol–water partition coefficient (Wildman–Crippen LogP) is 1.82. The standard InChI is InChI=1S/C15H23N3O/c1-18(12-14-6-2-3-10-17-14)15(19)8-7-13-5-4-9-16-11-13/h2-3,6,10,13,16H,4-5,7-9,11-12H2,1H3. The van der Waals surface area contributed by atoms with Gasteiger partial charge >= 0.3 is 0 Å². The zero-order valence-electron chi connectivity index (χ0n) is 11.6. The molecule has 1 amide bonds. The quantitative estimate of drug-likeness (QED) is 0.879. The van der Waals surface area contributed by atoms with E-state index in [1.54, 1.807) is 11.1 Å². The van der Waals surface area contributed by atoms with Crippen LogP contribution in [0.15, 0.2) is 24.4 Å². The number of nitrogens with one attached hydrogen (secondary N) is 1. The monoisotopic (exact) mass is 261 g/mol. The van der Waals surface area contributed by atoms with Gasteiger partial charge in [0.2, 0.25) is 5.91 Å². The fraction of sp³-hybridized carbons (Fsp3) is 0.600. The molecule has 2 rings (SSSR count). The van der Waals surface area contributed by atoms with Crippen LogP contribution in [0, 0.1) is 5.92 Å². The molecule has 1 aromatic rings. The summed E-state index contributed by atoms with van der Waals surface area (Å²) >= 11 is 0. The topological polar surface area (TPSA) is 45.2 Å². The van der Waals surface area contributed by atoms with Crippen LogP contribution in [0.4, 0.5) is 0 Å². The average molecular weight is 261 g/mol. The Morgan fingerprint density at radius 1 is 1.53 bits per heavy atom. The predicted molar refractivity (Wildman–Crippen MR) is 75.5 cm³/mol. The summed E-state index contributed by atoms with van der Waals surface area (Å²) in [5.74, 6) is 0.886. The maximum Gasteiger partial charge on any atom is 0.222 e. The largest absolute Gasteiger partial charge is 0.340 e. The van der Waals surface area contributed by atoms with Crippen LogP contribution < -0.4 is 5.32 Å². The van der Waals surface area contributed by atoms with Gasteiger partial charge < -0.3 is 10.2 Å². The second-order valence-corrected chi connectivity index (χ2v) is 5.32. The molecule has 19 heavy (non-hydrogen) atoms. The Morgan fingerprint density at radius 3 is 3.11 bits per heavy atom. The highest BCUT2D eigenvalue weighted by atomic mass is 16.2. The molecule has 1 aromatic heterocycles. The van der Waals surface area contributed by atoms with Crippen molar-refractivity contribution >= 4 is 5.91 Å². The molecule has 1 aliphatic rings. The van der Waals surface area contributed by atoms with Crippen molar-refractivity contribution in [2.75, 3.05) is 20.1 Å². The van der Waals surface area contributed by atoms with Crippen LogP contribution in [-0.4, -0.2) is 35.9 Å². The van der Waals surface area contributed by atoms with Gasteiger partial charge in [-0.2, -0.15) is 0 Å². The van der Waals surface area contributed by atoms with E-state index in [1.807, 2.05) is 25.2 Å². The van der Waals surface area contributed by atoms with Crippen LogP contribution in [0.5, 0.6) is 0 Å². The molecule has 0 aliphatic carbocycles. The van der Waals surface area contributed by atoms with E-state index in [4.69, 9.17) is 0 Å². The molecule has 104 valence electrons. The lowest BCUT2D eigenvalue weighted by Crippen LogP contribution is -2.31. The molecular weight excluding hydrogens is 238 g/mol. The lowest BCUT2D eigenvalue weighted by atomic mass is 9.94. The SMILES string of the molecule is CN(Cc1ccccn1)C(=O)CCC1CCCNC1. The van der Waals surface area contributed by atoms with Crippen molar-refractivity contribution in [3.63, 3.8) is 0 Å². The van der Waals surface area contributed by atoms with E-state index >= 15 is 0 Å². The van der Waals surface area contributed by atoms with Gasteiger partial charge in [-0.1, -0.05) is 6.07 Å². The molecule has 1 atom stereocenters. The average Bonchev–Trinajstić information content (AvgIpc) is 2.47. The molecule has 4 nitrogen and oxygen atoms in total. The third-order valence-corrected chi connectivity index (χ3v) is 3.72. The second kappa shape index (κ2) is 7.24. The lowest BCUT2D eigenvalue weighted by Gasteiger charge is -2.23. The minimum absolute atomic E-state index is 0.219. The lowest BCUT2D eigenvalue weighted by molar-refractivity contribution is -0.130. The fourth-order valence-corrected chi connectivity index (χ4v) is 2.51. The smallest absolute Gasteiger partial charge is 0.222 e. The number of rotatable bonds is 5. The molecular formula is C15H23N3O. The van der Waals surface area contributed by atoms with Crippen LogP contribution in [-0.2, 0) is 11.3 Å². The first-order valence-corrected chi connectivity index (χ1v) is 7.10. The van der Waals surface area contributed by atoms with Gasteiger partial charge in [-0.05, 0) is 50.4 Å². The number of hydrogen-bond acceptors (Lipinski definition) is 3. The van der Waals surface area contributed by atoms with E-state index in [-0.39, 0.29) is 5.91 Å². The number of aromatic nitrogens is 1. The molecule has 1 N–H and O–H groups in total. The van der Waals surface area contributed by atoms with E-state index in [9.17, 15) is 4.79 Å². The van der Waals surface area contributed by atoms with Gasteiger partial charge in [0, 0.05) is 19.7 Å². The summed E-state index contributed by atoms with van der Waals surface area (Å²) in [4.78, 5) is 18.1. The number of carbonyl (C=O) groups excluding carboxylic acids is 1. The fourth-order valence-electron chi connectivity index (χ4n) is 2.51. The minimum Gasteiger partial charge on any atom is -0.340 e. The van der Waals surface area contributed by atoms with E-state index in [1.165, 1.54) is 12.8 Å². The van der Waals surface area contributed by atoms with Crippen molar-refractivity contribution in [2.24, 2.45) is 5.92 Å². The highest BCUT2D eigenvalue weighted by molar-refractivity contribution is 5.75. The number of carbonyl (C=O) groups is 1. The molecule has 1 unspecified atom stereocenters. The summed E-state index contributed by atoms with van der Waals surface area (Å²) in [5, 5.41) is 3.39. The van der Waals surface area contributed by atoms with Crippen molar-refractivity contribution < 1.29 is 4.79 Å². The Bertz CT molecular complexity index is 388. The van der Waals surface area contributed by atoms with Crippen LogP contribution in [0.1, 0.15) is 31.4 Å². The highest BCUT2D eigenvalue weighted by Crippen LogP contribution is 2.16. The van der Waals surface area contributed by atoms with E-state index in [0.717, 1.165) is 25.2 Å². The van der Waals surface area contributed by atoms with Crippen LogP contribution >= 0.6 is 0 Å². The van der Waals surface area contributed by atoms with Gasteiger partial charge in [-0.25, -0.2) is 0 Å². The summed E-state index contributed by atoms with van der Waals surface area (Å²) in [6, 6.07) is 5.80. The first kappa shape index (κ1) is 14.0. The zero-order chi connectivity index (χ0) is 13.5. The number of nitrogens with zero attached hydrogens (tertiary/aromatic N) is 2. The first-order chi connectivity index (χ1) is 9.25. The van der Waals surface area contributed by atoms with Gasteiger partial charge in [0.25, 0.3) is 0 Å². The van der Waals surface area contributed by atoms with Crippen molar-refractivity contribution in [1.82, 2.24) is 15.2 Å². The van der Waals surface area contributed by atoms with Gasteiger partial charge in [0.1, 0.15) is 0 Å². The highest BCUT2D eigenvalue weighted by Gasteiger charge is 2.16. The second-order valence-electron chi connectivity index (χ2n) is 5.32. The molecule has 1 aliphatic heterocycles. The Balaban J connectivity index is 1.73. The summed E-state index contributed by atoms with van der Waals surface area (Å²) in [6.45, 7) is 2.80. The molecule has 2 heterocycles. The van der Waals surface area contributed by atoms with Gasteiger partial charge in [0.15, 0.2) is 0 Å². The van der Waals surface area contributed by atoms with Crippen molar-refractivity contribution in [2.45, 2.75) is 32.2 Å². The number of hydrogen-bond donors (Lipinski definition) is 1. The van der Waals surface area contributed by atoms with Crippen LogP contribution in [0.2, 0.25) is 0 Å². The minimum atomic E-state index is 0.219. The Hall–Kier alpha value is -1.42. The zero-order valence-corrected chi connectivity index (χ0v) is 11.6. The number of amides is 1. The summed E-state index contributed by atoms with van der Waals surface area (Å²) < 4.78 is 0. The summed E-state index contributed by atoms with van der Waals surface area (Å²) in [5.41, 5.74) is 0.942. The van der Waals surface area contributed by atoms with Crippen molar-refractivity contribution in [3.8, 4) is 0 Å². The van der Waals surface area contributed by atoms with Gasteiger partial charge in [-0.15, -0.1) is 0 Å². The Kier molecular flexibility index (Phi) is 5.33. The van der Waals surface area contributed by atoms with Crippen molar-refractivity contribution in [3.05, 3.63) is 30.1 Å². The molecule has 0 saturated carbocycles. The molecule has 0 radical (unpaired) electrons. The molecule has 1 saturated heterocycles. The summed E-state index contributed by atoms with van der Waals surface area (Å²) in [6.07, 6.45) is 5.91. The Morgan fingerprint density at radius 2 is 2.42 bits per heavy atom. The summed E-state index contributed by atoms with van der Waals surface area (Å²) in [7, 11) is 1.86. The molecule has 0 bridgehead atoms. The third-order valence-electron chi connectivity index (χ3n) is 3.72. The van der Waals surface area contributed by atoms with E-state index < -0.39 is 0 Å². The molecule has 4 heteroatoms. The van der Waals surface area contributed by atoms with E-state index in [2.05, 4.69) is 10.3 Å². The normalized spacial score (nSPS) is 19.1. The van der Waals surface area contributed by atoms with Gasteiger partial charge in [-0.3, -0.25) is 9.78 Å². The molecule has 0 aromatic carbocycles. The van der Waals surface area contributed by atoms with Crippen molar-refractivity contribution in [1.29, 1.82) is 0 Å². The third kappa shape index (κ3) is 4.63. The first-order valence-electron chi connectivity index (χ1n) is 7.10. The molecule has 0 spiro atoms. The van der Waals surface area contributed by atoms with Gasteiger partial charge in [0.05, 0.1) is 12.2 Å². The Labute approximate surface area is 115 Å². The maximum absolute atomic E-state index is 12.1.